The number of anilines is 1. The Morgan fingerprint density at radius 3 is 2.37 bits per heavy atom. The predicted molar refractivity (Wildman–Crippen MR) is 91.9 cm³/mol. The second-order valence-corrected chi connectivity index (χ2v) is 5.70. The molecular formula is C18H17NO8. The molecule has 0 spiro atoms. The van der Waals surface area contributed by atoms with Crippen LogP contribution in [0.15, 0.2) is 22.6 Å². The second kappa shape index (κ2) is 7.02. The van der Waals surface area contributed by atoms with Crippen LogP contribution in [0.3, 0.4) is 0 Å². The van der Waals surface area contributed by atoms with Crippen molar-refractivity contribution in [3.05, 3.63) is 18.2 Å². The molecule has 1 saturated heterocycles. The molecule has 0 saturated carbocycles. The maximum absolute atomic E-state index is 12.1. The van der Waals surface area contributed by atoms with Crippen LogP contribution >= 0.6 is 0 Å². The predicted octanol–water partition coefficient (Wildman–Crippen LogP) is 2.25. The Morgan fingerprint density at radius 1 is 1.15 bits per heavy atom. The van der Waals surface area contributed by atoms with Gasteiger partial charge in [-0.3, -0.25) is 14.4 Å². The lowest BCUT2D eigenvalue weighted by Crippen LogP contribution is -2.28. The average Bonchev–Trinajstić information content (AvgIpc) is 3.13. The molecule has 2 amide bonds. The third kappa shape index (κ3) is 3.19. The summed E-state index contributed by atoms with van der Waals surface area (Å²) in [6.45, 7) is 1.12. The highest BCUT2D eigenvalue weighted by Gasteiger charge is 2.38. The normalized spacial score (nSPS) is 13.8. The van der Waals surface area contributed by atoms with Crippen LogP contribution in [-0.4, -0.2) is 37.1 Å². The van der Waals surface area contributed by atoms with Gasteiger partial charge in [0.1, 0.15) is 11.5 Å². The first-order chi connectivity index (χ1) is 12.9. The molecule has 0 radical (unpaired) electrons. The number of benzene rings is 1. The van der Waals surface area contributed by atoms with Crippen LogP contribution in [0.2, 0.25) is 0 Å². The first kappa shape index (κ1) is 18.3. The standard InChI is InChI=1S/C18H17NO8/c1-9(20)26-17-15(23)16(11-5-4-10(24-2)8-12(11)25-3)27-18(17)19-13(21)6-7-14(19)22/h4-5,8,23H,6-7H2,1-3H3. The molecule has 3 rings (SSSR count). The number of imide groups is 1. The molecule has 9 nitrogen and oxygen atoms in total. The molecule has 1 aromatic heterocycles. The van der Waals surface area contributed by atoms with Gasteiger partial charge in [-0.25, -0.2) is 4.90 Å². The highest BCUT2D eigenvalue weighted by atomic mass is 16.6. The Bertz CT molecular complexity index is 914. The third-order valence-corrected chi connectivity index (χ3v) is 3.98. The van der Waals surface area contributed by atoms with E-state index in [0.717, 1.165) is 11.8 Å². The topological polar surface area (TPSA) is 116 Å². The van der Waals surface area contributed by atoms with Gasteiger partial charge < -0.3 is 23.7 Å². The lowest BCUT2D eigenvalue weighted by molar-refractivity contribution is -0.132. The monoisotopic (exact) mass is 375 g/mol. The maximum atomic E-state index is 12.1. The van der Waals surface area contributed by atoms with E-state index in [9.17, 15) is 19.5 Å². The van der Waals surface area contributed by atoms with Gasteiger partial charge >= 0.3 is 5.97 Å². The first-order valence-corrected chi connectivity index (χ1v) is 7.99. The zero-order valence-electron chi connectivity index (χ0n) is 14.9. The van der Waals surface area contributed by atoms with Gasteiger partial charge in [0.15, 0.2) is 5.76 Å². The van der Waals surface area contributed by atoms with E-state index in [-0.39, 0.29) is 24.5 Å². The molecule has 0 aliphatic carbocycles. The fourth-order valence-corrected chi connectivity index (χ4v) is 2.75. The Morgan fingerprint density at radius 2 is 1.81 bits per heavy atom. The quantitative estimate of drug-likeness (QED) is 0.625. The van der Waals surface area contributed by atoms with Crippen molar-refractivity contribution in [3.63, 3.8) is 0 Å². The number of methoxy groups -OCH3 is 2. The van der Waals surface area contributed by atoms with Crippen LogP contribution in [0.1, 0.15) is 19.8 Å². The van der Waals surface area contributed by atoms with Crippen LogP contribution < -0.4 is 19.1 Å². The molecule has 2 aromatic rings. The summed E-state index contributed by atoms with van der Waals surface area (Å²) in [5.41, 5.74) is 0.314. The van der Waals surface area contributed by atoms with Gasteiger partial charge in [0.05, 0.1) is 19.8 Å². The Hall–Kier alpha value is -3.49. The van der Waals surface area contributed by atoms with Crippen molar-refractivity contribution in [1.29, 1.82) is 0 Å². The van der Waals surface area contributed by atoms with Gasteiger partial charge in [-0.05, 0) is 12.1 Å². The zero-order valence-corrected chi connectivity index (χ0v) is 14.9. The van der Waals surface area contributed by atoms with E-state index < -0.39 is 29.3 Å². The first-order valence-electron chi connectivity index (χ1n) is 7.99. The van der Waals surface area contributed by atoms with Crippen LogP contribution in [-0.2, 0) is 14.4 Å². The molecule has 142 valence electrons. The van der Waals surface area contributed by atoms with Crippen LogP contribution in [0, 0.1) is 0 Å². The molecule has 1 fully saturated rings. The molecule has 0 atom stereocenters. The minimum Gasteiger partial charge on any atom is -0.502 e. The lowest BCUT2D eigenvalue weighted by atomic mass is 10.1. The highest BCUT2D eigenvalue weighted by Crippen LogP contribution is 2.51. The zero-order chi connectivity index (χ0) is 19.7. The average molecular weight is 375 g/mol. The van der Waals surface area contributed by atoms with E-state index in [1.807, 2.05) is 0 Å². The summed E-state index contributed by atoms with van der Waals surface area (Å²) in [6, 6.07) is 4.73. The minimum atomic E-state index is -0.750. The van der Waals surface area contributed by atoms with E-state index in [1.165, 1.54) is 14.2 Å². The fraction of sp³-hybridized carbons (Fsp3) is 0.278. The molecule has 2 heterocycles. The van der Waals surface area contributed by atoms with Gasteiger partial charge in [-0.2, -0.15) is 0 Å². The molecule has 9 heteroatoms. The molecule has 1 N–H and O–H groups in total. The number of furan rings is 1. The van der Waals surface area contributed by atoms with E-state index in [4.69, 9.17) is 18.6 Å². The summed E-state index contributed by atoms with van der Waals surface area (Å²) in [6.07, 6.45) is 0.00198. The lowest BCUT2D eigenvalue weighted by Gasteiger charge is -2.11. The number of nitrogens with zero attached hydrogens (tertiary/aromatic N) is 1. The molecule has 0 bridgehead atoms. The van der Waals surface area contributed by atoms with E-state index in [0.29, 0.717) is 17.1 Å². The summed E-state index contributed by atoms with van der Waals surface area (Å²) in [5, 5.41) is 10.6. The molecule has 0 unspecified atom stereocenters. The molecular weight excluding hydrogens is 358 g/mol. The smallest absolute Gasteiger partial charge is 0.308 e. The molecule has 27 heavy (non-hydrogen) atoms. The van der Waals surface area contributed by atoms with Crippen molar-refractivity contribution in [2.75, 3.05) is 19.1 Å². The summed E-state index contributed by atoms with van der Waals surface area (Å²) >= 11 is 0. The van der Waals surface area contributed by atoms with Gasteiger partial charge in [0.25, 0.3) is 5.88 Å². The summed E-state index contributed by atoms with van der Waals surface area (Å²) in [5.74, 6) is -2.37. The van der Waals surface area contributed by atoms with E-state index >= 15 is 0 Å². The maximum Gasteiger partial charge on any atom is 0.308 e. The highest BCUT2D eigenvalue weighted by molar-refractivity contribution is 6.20. The summed E-state index contributed by atoms with van der Waals surface area (Å²) in [4.78, 5) is 36.3. The Labute approximate surface area is 154 Å². The number of amides is 2. The number of carbonyl (C=O) groups is 3. The largest absolute Gasteiger partial charge is 0.502 e. The number of esters is 1. The number of aromatic hydroxyl groups is 1. The third-order valence-electron chi connectivity index (χ3n) is 3.98. The SMILES string of the molecule is COc1ccc(-c2oc(N3C(=O)CCC3=O)c(OC(C)=O)c2O)c(OC)c1. The van der Waals surface area contributed by atoms with Gasteiger partial charge in [0.2, 0.25) is 23.3 Å². The van der Waals surface area contributed by atoms with Crippen molar-refractivity contribution in [1.82, 2.24) is 0 Å². The number of hydrogen-bond donors (Lipinski definition) is 1. The minimum absolute atomic E-state index is 0.000989. The van der Waals surface area contributed by atoms with Gasteiger partial charge in [-0.1, -0.05) is 0 Å². The fourth-order valence-electron chi connectivity index (χ4n) is 2.75. The number of hydrogen-bond acceptors (Lipinski definition) is 8. The summed E-state index contributed by atoms with van der Waals surface area (Å²) in [7, 11) is 2.90. The number of ether oxygens (including phenoxy) is 3. The van der Waals surface area contributed by atoms with E-state index in [2.05, 4.69) is 0 Å². The van der Waals surface area contributed by atoms with Crippen LogP contribution in [0.5, 0.6) is 23.0 Å². The number of rotatable bonds is 5. The second-order valence-electron chi connectivity index (χ2n) is 5.70. The van der Waals surface area contributed by atoms with E-state index in [1.54, 1.807) is 18.2 Å². The van der Waals surface area contributed by atoms with Crippen molar-refractivity contribution in [2.24, 2.45) is 0 Å². The Kier molecular flexibility index (Phi) is 4.76. The Balaban J connectivity index is 2.19. The van der Waals surface area contributed by atoms with Crippen molar-refractivity contribution >= 4 is 23.7 Å². The van der Waals surface area contributed by atoms with Gasteiger partial charge in [-0.15, -0.1) is 0 Å². The van der Waals surface area contributed by atoms with Crippen molar-refractivity contribution in [2.45, 2.75) is 19.8 Å². The number of carbonyl (C=O) groups excluding carboxylic acids is 3. The molecule has 1 aliphatic heterocycles. The van der Waals surface area contributed by atoms with Crippen LogP contribution in [0.25, 0.3) is 11.3 Å². The van der Waals surface area contributed by atoms with Gasteiger partial charge in [0, 0.05) is 25.8 Å². The summed E-state index contributed by atoms with van der Waals surface area (Å²) < 4.78 is 21.0. The van der Waals surface area contributed by atoms with Crippen LogP contribution in [0.4, 0.5) is 5.88 Å². The molecule has 1 aromatic carbocycles. The van der Waals surface area contributed by atoms with Crippen molar-refractivity contribution < 1.29 is 38.1 Å². The molecule has 1 aliphatic rings. The van der Waals surface area contributed by atoms with Crippen molar-refractivity contribution in [3.8, 4) is 34.3 Å².